The molecule has 2 rings (SSSR count). The highest BCUT2D eigenvalue weighted by atomic mass is 16.5. The first-order chi connectivity index (χ1) is 10.9. The van der Waals surface area contributed by atoms with Crippen molar-refractivity contribution in [3.63, 3.8) is 0 Å². The van der Waals surface area contributed by atoms with Gasteiger partial charge in [0, 0.05) is 12.8 Å². The van der Waals surface area contributed by atoms with Crippen LogP contribution in [0.15, 0.2) is 18.2 Å². The SMILES string of the molecule is COC(=O)[C@H](Cc1c(C)cccc1C)NC(=O)[C@H]1CCC(=O)N1. The Hall–Kier alpha value is -2.37. The first kappa shape index (κ1) is 17.0. The summed E-state index contributed by atoms with van der Waals surface area (Å²) in [7, 11) is 1.30. The lowest BCUT2D eigenvalue weighted by Gasteiger charge is -2.20. The van der Waals surface area contributed by atoms with Crippen LogP contribution in [0, 0.1) is 13.8 Å². The Morgan fingerprint density at radius 2 is 2.00 bits per heavy atom. The summed E-state index contributed by atoms with van der Waals surface area (Å²) in [6, 6.07) is 4.54. The van der Waals surface area contributed by atoms with E-state index < -0.39 is 18.1 Å². The number of ether oxygens (including phenoxy) is 1. The molecule has 2 N–H and O–H groups in total. The van der Waals surface area contributed by atoms with Crippen molar-refractivity contribution in [3.05, 3.63) is 34.9 Å². The molecule has 1 aromatic carbocycles. The molecule has 0 aliphatic carbocycles. The zero-order chi connectivity index (χ0) is 17.0. The van der Waals surface area contributed by atoms with Gasteiger partial charge in [0.15, 0.2) is 0 Å². The van der Waals surface area contributed by atoms with E-state index in [1.165, 1.54) is 7.11 Å². The van der Waals surface area contributed by atoms with Crippen molar-refractivity contribution in [2.45, 2.75) is 45.2 Å². The van der Waals surface area contributed by atoms with Crippen LogP contribution in [-0.4, -0.2) is 37.0 Å². The molecule has 0 saturated carbocycles. The Kier molecular flexibility index (Phi) is 5.36. The molecule has 6 heteroatoms. The maximum atomic E-state index is 12.2. The largest absolute Gasteiger partial charge is 0.467 e. The minimum atomic E-state index is -0.773. The van der Waals surface area contributed by atoms with Crippen molar-refractivity contribution < 1.29 is 19.1 Å². The van der Waals surface area contributed by atoms with E-state index in [2.05, 4.69) is 10.6 Å². The van der Waals surface area contributed by atoms with Crippen molar-refractivity contribution in [1.29, 1.82) is 0 Å². The van der Waals surface area contributed by atoms with Crippen LogP contribution in [0.3, 0.4) is 0 Å². The third kappa shape index (κ3) is 4.09. The normalized spacial score (nSPS) is 18.2. The molecule has 124 valence electrons. The van der Waals surface area contributed by atoms with Crippen LogP contribution in [0.5, 0.6) is 0 Å². The second-order valence-electron chi connectivity index (χ2n) is 5.82. The number of aryl methyl sites for hydroxylation is 2. The van der Waals surface area contributed by atoms with Gasteiger partial charge < -0.3 is 15.4 Å². The van der Waals surface area contributed by atoms with Gasteiger partial charge in [0.1, 0.15) is 12.1 Å². The number of hydrogen-bond donors (Lipinski definition) is 2. The smallest absolute Gasteiger partial charge is 0.328 e. The lowest BCUT2D eigenvalue weighted by molar-refractivity contribution is -0.145. The average molecular weight is 318 g/mol. The quantitative estimate of drug-likeness (QED) is 0.786. The van der Waals surface area contributed by atoms with Crippen LogP contribution in [0.25, 0.3) is 0 Å². The van der Waals surface area contributed by atoms with Gasteiger partial charge in [-0.05, 0) is 37.0 Å². The Balaban J connectivity index is 2.13. The van der Waals surface area contributed by atoms with Crippen molar-refractivity contribution >= 4 is 17.8 Å². The summed E-state index contributed by atoms with van der Waals surface area (Å²) in [5.74, 6) is -0.989. The molecule has 6 nitrogen and oxygen atoms in total. The molecule has 1 aliphatic rings. The van der Waals surface area contributed by atoms with Crippen LogP contribution < -0.4 is 10.6 Å². The molecule has 0 aromatic heterocycles. The molecule has 0 unspecified atom stereocenters. The molecule has 1 saturated heterocycles. The van der Waals surface area contributed by atoms with E-state index >= 15 is 0 Å². The summed E-state index contributed by atoms with van der Waals surface area (Å²) in [6.45, 7) is 3.94. The Labute approximate surface area is 135 Å². The van der Waals surface area contributed by atoms with Gasteiger partial charge in [-0.1, -0.05) is 18.2 Å². The summed E-state index contributed by atoms with van der Waals surface area (Å²) in [6.07, 6.45) is 1.14. The monoisotopic (exact) mass is 318 g/mol. The van der Waals surface area contributed by atoms with E-state index in [1.54, 1.807) is 0 Å². The predicted octanol–water partition coefficient (Wildman–Crippen LogP) is 0.782. The molecular weight excluding hydrogens is 296 g/mol. The van der Waals surface area contributed by atoms with Crippen LogP contribution >= 0.6 is 0 Å². The molecule has 0 radical (unpaired) electrons. The minimum Gasteiger partial charge on any atom is -0.467 e. The summed E-state index contributed by atoms with van der Waals surface area (Å²) < 4.78 is 4.81. The number of hydrogen-bond acceptors (Lipinski definition) is 4. The zero-order valence-corrected chi connectivity index (χ0v) is 13.6. The fraction of sp³-hybridized carbons (Fsp3) is 0.471. The second kappa shape index (κ2) is 7.26. The van der Waals surface area contributed by atoms with Crippen LogP contribution in [-0.2, 0) is 25.5 Å². The van der Waals surface area contributed by atoms with E-state index in [9.17, 15) is 14.4 Å². The van der Waals surface area contributed by atoms with Gasteiger partial charge >= 0.3 is 5.97 Å². The number of esters is 1. The molecule has 23 heavy (non-hydrogen) atoms. The number of carbonyl (C=O) groups excluding carboxylic acids is 3. The highest BCUT2D eigenvalue weighted by Gasteiger charge is 2.31. The van der Waals surface area contributed by atoms with Crippen molar-refractivity contribution in [3.8, 4) is 0 Å². The van der Waals surface area contributed by atoms with Crippen molar-refractivity contribution in [1.82, 2.24) is 10.6 Å². The lowest BCUT2D eigenvalue weighted by Crippen LogP contribution is -2.50. The maximum Gasteiger partial charge on any atom is 0.328 e. The Bertz CT molecular complexity index is 607. The molecule has 1 aromatic rings. The Morgan fingerprint density at radius 3 is 2.52 bits per heavy atom. The number of rotatable bonds is 5. The van der Waals surface area contributed by atoms with Crippen LogP contribution in [0.2, 0.25) is 0 Å². The molecule has 2 amide bonds. The topological polar surface area (TPSA) is 84.5 Å². The Morgan fingerprint density at radius 1 is 1.35 bits per heavy atom. The predicted molar refractivity (Wildman–Crippen MR) is 84.7 cm³/mol. The highest BCUT2D eigenvalue weighted by molar-refractivity contribution is 5.93. The van der Waals surface area contributed by atoms with E-state index in [-0.39, 0.29) is 11.8 Å². The van der Waals surface area contributed by atoms with Gasteiger partial charge in [-0.25, -0.2) is 4.79 Å². The summed E-state index contributed by atoms with van der Waals surface area (Å²) in [5.41, 5.74) is 3.13. The number of amides is 2. The number of benzene rings is 1. The second-order valence-corrected chi connectivity index (χ2v) is 5.82. The van der Waals surface area contributed by atoms with E-state index in [0.717, 1.165) is 16.7 Å². The van der Waals surface area contributed by atoms with E-state index in [0.29, 0.717) is 19.3 Å². The van der Waals surface area contributed by atoms with Gasteiger partial charge in [0.25, 0.3) is 0 Å². The third-order valence-corrected chi connectivity index (χ3v) is 4.17. The van der Waals surface area contributed by atoms with Crippen molar-refractivity contribution in [2.24, 2.45) is 0 Å². The van der Waals surface area contributed by atoms with Crippen LogP contribution in [0.1, 0.15) is 29.5 Å². The van der Waals surface area contributed by atoms with Gasteiger partial charge in [-0.2, -0.15) is 0 Å². The fourth-order valence-electron chi connectivity index (χ4n) is 2.79. The van der Waals surface area contributed by atoms with Crippen molar-refractivity contribution in [2.75, 3.05) is 7.11 Å². The molecule has 1 heterocycles. The summed E-state index contributed by atoms with van der Waals surface area (Å²) >= 11 is 0. The number of carbonyl (C=O) groups is 3. The maximum absolute atomic E-state index is 12.2. The van der Waals surface area contributed by atoms with Crippen LogP contribution in [0.4, 0.5) is 0 Å². The summed E-state index contributed by atoms with van der Waals surface area (Å²) in [5, 5.41) is 5.30. The van der Waals surface area contributed by atoms with E-state index in [1.807, 2.05) is 32.0 Å². The molecule has 0 spiro atoms. The highest BCUT2D eigenvalue weighted by Crippen LogP contribution is 2.16. The first-order valence-corrected chi connectivity index (χ1v) is 7.65. The minimum absolute atomic E-state index is 0.144. The average Bonchev–Trinajstić information content (AvgIpc) is 2.95. The van der Waals surface area contributed by atoms with Gasteiger partial charge in [-0.3, -0.25) is 9.59 Å². The third-order valence-electron chi connectivity index (χ3n) is 4.17. The number of methoxy groups -OCH3 is 1. The van der Waals surface area contributed by atoms with Gasteiger partial charge in [-0.15, -0.1) is 0 Å². The first-order valence-electron chi connectivity index (χ1n) is 7.65. The molecule has 0 bridgehead atoms. The standard InChI is InChI=1S/C17H22N2O4/c1-10-5-4-6-11(2)12(10)9-14(17(22)23-3)19-16(21)13-7-8-15(20)18-13/h4-6,13-14H,7-9H2,1-3H3,(H,18,20)(H,19,21)/t13-,14+/m1/s1. The molecule has 1 fully saturated rings. The summed E-state index contributed by atoms with van der Waals surface area (Å²) in [4.78, 5) is 35.5. The van der Waals surface area contributed by atoms with Gasteiger partial charge in [0.05, 0.1) is 7.11 Å². The number of nitrogens with one attached hydrogen (secondary N) is 2. The zero-order valence-electron chi connectivity index (χ0n) is 13.6. The molecule has 2 atom stereocenters. The lowest BCUT2D eigenvalue weighted by atomic mass is 9.96. The van der Waals surface area contributed by atoms with E-state index in [4.69, 9.17) is 4.74 Å². The fourth-order valence-corrected chi connectivity index (χ4v) is 2.79. The molecule has 1 aliphatic heterocycles. The molecular formula is C17H22N2O4. The van der Waals surface area contributed by atoms with Gasteiger partial charge in [0.2, 0.25) is 11.8 Å².